The minimum Gasteiger partial charge on any atom is -0.328 e. The Morgan fingerprint density at radius 3 is 2.75 bits per heavy atom. The van der Waals surface area contributed by atoms with Crippen LogP contribution in [0.25, 0.3) is 0 Å². The van der Waals surface area contributed by atoms with Crippen LogP contribution in [0.3, 0.4) is 0 Å². The lowest BCUT2D eigenvalue weighted by molar-refractivity contribution is 0.274. The van der Waals surface area contributed by atoms with Crippen LogP contribution in [0.15, 0.2) is 12.4 Å². The molecule has 1 aliphatic rings. The molecule has 0 bridgehead atoms. The topological polar surface area (TPSA) is 43.8 Å². The molecular weight excluding hydrogens is 198 g/mol. The van der Waals surface area contributed by atoms with Gasteiger partial charge in [0.05, 0.1) is 12.2 Å². The van der Waals surface area contributed by atoms with Crippen molar-refractivity contribution in [3.8, 4) is 0 Å². The number of aromatic nitrogens is 2. The van der Waals surface area contributed by atoms with Gasteiger partial charge in [0.25, 0.3) is 0 Å². The van der Waals surface area contributed by atoms with Crippen LogP contribution in [-0.2, 0) is 6.42 Å². The molecule has 1 aromatic heterocycles. The SMILES string of the molecule is CC(N)Cc1cnn(C2CCC(C)CC2)c1. The van der Waals surface area contributed by atoms with E-state index in [0.29, 0.717) is 6.04 Å². The third-order valence-corrected chi connectivity index (χ3v) is 3.57. The fraction of sp³-hybridized carbons (Fsp3) is 0.769. The monoisotopic (exact) mass is 221 g/mol. The fourth-order valence-corrected chi connectivity index (χ4v) is 2.56. The molecule has 0 radical (unpaired) electrons. The van der Waals surface area contributed by atoms with E-state index in [4.69, 9.17) is 5.73 Å². The van der Waals surface area contributed by atoms with E-state index in [-0.39, 0.29) is 6.04 Å². The molecule has 1 fully saturated rings. The summed E-state index contributed by atoms with van der Waals surface area (Å²) in [5, 5.41) is 4.48. The van der Waals surface area contributed by atoms with E-state index >= 15 is 0 Å². The molecule has 90 valence electrons. The van der Waals surface area contributed by atoms with Gasteiger partial charge in [-0.25, -0.2) is 0 Å². The van der Waals surface area contributed by atoms with Crippen LogP contribution in [0.5, 0.6) is 0 Å². The van der Waals surface area contributed by atoms with Crippen LogP contribution in [0.1, 0.15) is 51.1 Å². The van der Waals surface area contributed by atoms with Crippen LogP contribution >= 0.6 is 0 Å². The van der Waals surface area contributed by atoms with Crippen LogP contribution in [0, 0.1) is 5.92 Å². The first-order chi connectivity index (χ1) is 7.65. The highest BCUT2D eigenvalue weighted by molar-refractivity contribution is 5.06. The number of hydrogen-bond acceptors (Lipinski definition) is 2. The molecule has 16 heavy (non-hydrogen) atoms. The first-order valence-corrected chi connectivity index (χ1v) is 6.43. The lowest BCUT2D eigenvalue weighted by atomic mass is 9.87. The van der Waals surface area contributed by atoms with Crippen molar-refractivity contribution in [2.24, 2.45) is 11.7 Å². The van der Waals surface area contributed by atoms with E-state index in [0.717, 1.165) is 12.3 Å². The van der Waals surface area contributed by atoms with Gasteiger partial charge in [-0.15, -0.1) is 0 Å². The Labute approximate surface area is 98.0 Å². The Bertz CT molecular complexity index is 322. The highest BCUT2D eigenvalue weighted by Crippen LogP contribution is 2.31. The maximum Gasteiger partial charge on any atom is 0.0522 e. The highest BCUT2D eigenvalue weighted by Gasteiger charge is 2.20. The van der Waals surface area contributed by atoms with Gasteiger partial charge < -0.3 is 5.73 Å². The highest BCUT2D eigenvalue weighted by atomic mass is 15.3. The summed E-state index contributed by atoms with van der Waals surface area (Å²) in [4.78, 5) is 0. The Kier molecular flexibility index (Phi) is 3.64. The first kappa shape index (κ1) is 11.6. The number of nitrogens with zero attached hydrogens (tertiary/aromatic N) is 2. The molecule has 0 amide bonds. The summed E-state index contributed by atoms with van der Waals surface area (Å²) in [7, 11) is 0. The van der Waals surface area contributed by atoms with Gasteiger partial charge in [-0.3, -0.25) is 4.68 Å². The van der Waals surface area contributed by atoms with E-state index in [2.05, 4.69) is 22.9 Å². The van der Waals surface area contributed by atoms with Crippen molar-refractivity contribution in [2.45, 2.75) is 58.0 Å². The van der Waals surface area contributed by atoms with E-state index in [1.54, 1.807) is 0 Å². The van der Waals surface area contributed by atoms with Gasteiger partial charge in [-0.2, -0.15) is 5.10 Å². The zero-order valence-corrected chi connectivity index (χ0v) is 10.4. The average molecular weight is 221 g/mol. The number of rotatable bonds is 3. The second-order valence-corrected chi connectivity index (χ2v) is 5.42. The molecule has 1 heterocycles. The van der Waals surface area contributed by atoms with Crippen molar-refractivity contribution in [1.82, 2.24) is 9.78 Å². The van der Waals surface area contributed by atoms with Gasteiger partial charge in [0.2, 0.25) is 0 Å². The van der Waals surface area contributed by atoms with Crippen LogP contribution in [-0.4, -0.2) is 15.8 Å². The molecule has 1 aliphatic carbocycles. The Balaban J connectivity index is 1.96. The van der Waals surface area contributed by atoms with Gasteiger partial charge in [-0.05, 0) is 50.5 Å². The summed E-state index contributed by atoms with van der Waals surface area (Å²) in [5.41, 5.74) is 7.07. The number of hydrogen-bond donors (Lipinski definition) is 1. The number of nitrogens with two attached hydrogens (primary N) is 1. The first-order valence-electron chi connectivity index (χ1n) is 6.43. The standard InChI is InChI=1S/C13H23N3/c1-10-3-5-13(6-4-10)16-9-12(8-15-16)7-11(2)14/h8-11,13H,3-7,14H2,1-2H3. The molecule has 2 rings (SSSR count). The summed E-state index contributed by atoms with van der Waals surface area (Å²) < 4.78 is 2.16. The maximum absolute atomic E-state index is 5.79. The predicted molar refractivity (Wildman–Crippen MR) is 66.2 cm³/mol. The quantitative estimate of drug-likeness (QED) is 0.852. The average Bonchev–Trinajstić information content (AvgIpc) is 2.66. The van der Waals surface area contributed by atoms with Crippen LogP contribution in [0.2, 0.25) is 0 Å². The van der Waals surface area contributed by atoms with E-state index in [1.807, 2.05) is 13.1 Å². The zero-order valence-electron chi connectivity index (χ0n) is 10.4. The molecule has 2 N–H and O–H groups in total. The molecule has 0 saturated heterocycles. The summed E-state index contributed by atoms with van der Waals surface area (Å²) in [6.07, 6.45) is 10.3. The van der Waals surface area contributed by atoms with Crippen molar-refractivity contribution in [3.63, 3.8) is 0 Å². The molecule has 0 aromatic carbocycles. The van der Waals surface area contributed by atoms with E-state index in [1.165, 1.54) is 31.2 Å². The summed E-state index contributed by atoms with van der Waals surface area (Å²) in [5.74, 6) is 0.898. The van der Waals surface area contributed by atoms with Gasteiger partial charge in [0.1, 0.15) is 0 Å². The summed E-state index contributed by atoms with van der Waals surface area (Å²) in [6.45, 7) is 4.39. The molecule has 1 aromatic rings. The van der Waals surface area contributed by atoms with Crippen molar-refractivity contribution in [1.29, 1.82) is 0 Å². The molecule has 1 saturated carbocycles. The Morgan fingerprint density at radius 2 is 2.12 bits per heavy atom. The Morgan fingerprint density at radius 1 is 1.44 bits per heavy atom. The third-order valence-electron chi connectivity index (χ3n) is 3.57. The lowest BCUT2D eigenvalue weighted by Gasteiger charge is -2.26. The minimum absolute atomic E-state index is 0.226. The van der Waals surface area contributed by atoms with Crippen molar-refractivity contribution in [3.05, 3.63) is 18.0 Å². The molecule has 3 nitrogen and oxygen atoms in total. The molecule has 0 aliphatic heterocycles. The summed E-state index contributed by atoms with van der Waals surface area (Å²) >= 11 is 0. The van der Waals surface area contributed by atoms with Gasteiger partial charge in [0.15, 0.2) is 0 Å². The fourth-order valence-electron chi connectivity index (χ4n) is 2.56. The van der Waals surface area contributed by atoms with E-state index in [9.17, 15) is 0 Å². The molecule has 0 spiro atoms. The minimum atomic E-state index is 0.226. The van der Waals surface area contributed by atoms with Gasteiger partial charge in [0, 0.05) is 12.2 Å². The Hall–Kier alpha value is -0.830. The molecular formula is C13H23N3. The predicted octanol–water partition coefficient (Wildman–Crippen LogP) is 2.52. The molecule has 3 heteroatoms. The second kappa shape index (κ2) is 5.00. The van der Waals surface area contributed by atoms with Gasteiger partial charge in [-0.1, -0.05) is 6.92 Å². The lowest BCUT2D eigenvalue weighted by Crippen LogP contribution is -2.18. The van der Waals surface area contributed by atoms with Gasteiger partial charge >= 0.3 is 0 Å². The van der Waals surface area contributed by atoms with Crippen molar-refractivity contribution in [2.75, 3.05) is 0 Å². The largest absolute Gasteiger partial charge is 0.328 e. The maximum atomic E-state index is 5.79. The normalized spacial score (nSPS) is 27.9. The third kappa shape index (κ3) is 2.85. The van der Waals surface area contributed by atoms with Crippen molar-refractivity contribution >= 4 is 0 Å². The van der Waals surface area contributed by atoms with E-state index < -0.39 is 0 Å². The van der Waals surface area contributed by atoms with Crippen molar-refractivity contribution < 1.29 is 0 Å². The van der Waals surface area contributed by atoms with Crippen LogP contribution in [0.4, 0.5) is 0 Å². The zero-order chi connectivity index (χ0) is 11.5. The van der Waals surface area contributed by atoms with Crippen LogP contribution < -0.4 is 5.73 Å². The smallest absolute Gasteiger partial charge is 0.0522 e. The molecule has 1 atom stereocenters. The summed E-state index contributed by atoms with van der Waals surface area (Å²) in [6, 6.07) is 0.849. The molecule has 1 unspecified atom stereocenters. The second-order valence-electron chi connectivity index (χ2n) is 5.42.